The highest BCUT2D eigenvalue weighted by Crippen LogP contribution is 2.14. The van der Waals surface area contributed by atoms with E-state index in [1.807, 2.05) is 18.7 Å². The van der Waals surface area contributed by atoms with Crippen molar-refractivity contribution in [2.45, 2.75) is 39.8 Å². The lowest BCUT2D eigenvalue weighted by Gasteiger charge is -2.36. The third kappa shape index (κ3) is 4.91. The van der Waals surface area contributed by atoms with Crippen LogP contribution < -0.4 is 5.73 Å². The summed E-state index contributed by atoms with van der Waals surface area (Å²) in [6.07, 6.45) is 0.941. The number of amides is 1. The Labute approximate surface area is 143 Å². The fourth-order valence-corrected chi connectivity index (χ4v) is 3.15. The van der Waals surface area contributed by atoms with Gasteiger partial charge in [-0.1, -0.05) is 20.3 Å². The minimum Gasteiger partial charge on any atom is -0.339 e. The Hall–Kier alpha value is -0.690. The molecule has 2 atom stereocenters. The molecular formula is C15H27ClN4OS. The van der Waals surface area contributed by atoms with Gasteiger partial charge < -0.3 is 10.6 Å². The van der Waals surface area contributed by atoms with Crippen LogP contribution in [0.15, 0.2) is 5.38 Å². The Morgan fingerprint density at radius 1 is 1.41 bits per heavy atom. The number of aromatic nitrogens is 1. The first-order chi connectivity index (χ1) is 10.0. The maximum Gasteiger partial charge on any atom is 0.239 e. The third-order valence-corrected chi connectivity index (χ3v) is 5.10. The van der Waals surface area contributed by atoms with Gasteiger partial charge in [0.15, 0.2) is 0 Å². The van der Waals surface area contributed by atoms with Gasteiger partial charge in [0.2, 0.25) is 5.91 Å². The molecule has 1 fully saturated rings. The molecule has 7 heteroatoms. The van der Waals surface area contributed by atoms with E-state index in [-0.39, 0.29) is 30.3 Å². The molecule has 0 saturated carbocycles. The molecule has 0 spiro atoms. The Morgan fingerprint density at radius 2 is 2.05 bits per heavy atom. The molecule has 0 bridgehead atoms. The zero-order valence-electron chi connectivity index (χ0n) is 13.6. The van der Waals surface area contributed by atoms with Crippen molar-refractivity contribution >= 4 is 29.7 Å². The molecule has 2 rings (SSSR count). The van der Waals surface area contributed by atoms with E-state index in [2.05, 4.69) is 22.2 Å². The number of hydrogen-bond acceptors (Lipinski definition) is 5. The molecule has 0 aliphatic carbocycles. The first kappa shape index (κ1) is 19.4. The molecule has 2 N–H and O–H groups in total. The molecule has 1 saturated heterocycles. The summed E-state index contributed by atoms with van der Waals surface area (Å²) in [5.74, 6) is 0.349. The smallest absolute Gasteiger partial charge is 0.239 e. The number of nitrogens with zero attached hydrogens (tertiary/aromatic N) is 3. The molecule has 1 aliphatic rings. The number of hydrogen-bond donors (Lipinski definition) is 1. The number of piperazine rings is 1. The number of halogens is 1. The SMILES string of the molecule is CCC(C)C(N)C(=O)N1CCN(Cc2csc(C)n2)CC1.Cl. The highest BCUT2D eigenvalue weighted by atomic mass is 35.5. The second kappa shape index (κ2) is 8.82. The van der Waals surface area contributed by atoms with Crippen LogP contribution in [0.2, 0.25) is 0 Å². The molecule has 0 aromatic carbocycles. The van der Waals surface area contributed by atoms with Crippen LogP contribution in [-0.4, -0.2) is 52.9 Å². The second-order valence-electron chi connectivity index (χ2n) is 5.87. The van der Waals surface area contributed by atoms with Crippen LogP contribution in [0, 0.1) is 12.8 Å². The van der Waals surface area contributed by atoms with Crippen LogP contribution in [0.4, 0.5) is 0 Å². The lowest BCUT2D eigenvalue weighted by atomic mass is 9.98. The molecule has 22 heavy (non-hydrogen) atoms. The van der Waals surface area contributed by atoms with Gasteiger partial charge in [-0.3, -0.25) is 9.69 Å². The third-order valence-electron chi connectivity index (χ3n) is 4.28. The topological polar surface area (TPSA) is 62.5 Å². The monoisotopic (exact) mass is 346 g/mol. The predicted octanol–water partition coefficient (Wildman–Crippen LogP) is 1.89. The number of carbonyl (C=O) groups excluding carboxylic acids is 1. The number of rotatable bonds is 5. The van der Waals surface area contributed by atoms with E-state index in [4.69, 9.17) is 5.73 Å². The highest BCUT2D eigenvalue weighted by molar-refractivity contribution is 7.09. The summed E-state index contributed by atoms with van der Waals surface area (Å²) in [7, 11) is 0. The van der Waals surface area contributed by atoms with Gasteiger partial charge in [0.25, 0.3) is 0 Å². The average Bonchev–Trinajstić information content (AvgIpc) is 2.90. The van der Waals surface area contributed by atoms with Crippen molar-refractivity contribution in [3.05, 3.63) is 16.1 Å². The maximum atomic E-state index is 12.3. The second-order valence-corrected chi connectivity index (χ2v) is 6.93. The standard InChI is InChI=1S/C15H26N4OS.ClH/c1-4-11(2)14(16)15(20)19-7-5-18(6-8-19)9-13-10-21-12(3)17-13;/h10-11,14H,4-9,16H2,1-3H3;1H. The molecule has 0 radical (unpaired) electrons. The Kier molecular flexibility index (Phi) is 7.76. The highest BCUT2D eigenvalue weighted by Gasteiger charge is 2.27. The number of thiazole rings is 1. The van der Waals surface area contributed by atoms with Crippen molar-refractivity contribution in [2.75, 3.05) is 26.2 Å². The fourth-order valence-electron chi connectivity index (χ4n) is 2.54. The summed E-state index contributed by atoms with van der Waals surface area (Å²) in [6.45, 7) is 10.4. The number of aryl methyl sites for hydroxylation is 1. The summed E-state index contributed by atoms with van der Waals surface area (Å²) in [6, 6.07) is -0.359. The molecule has 5 nitrogen and oxygen atoms in total. The van der Waals surface area contributed by atoms with Gasteiger partial charge in [-0.15, -0.1) is 23.7 Å². The predicted molar refractivity (Wildman–Crippen MR) is 93.4 cm³/mol. The van der Waals surface area contributed by atoms with Gasteiger partial charge in [-0.05, 0) is 12.8 Å². The van der Waals surface area contributed by atoms with Crippen molar-refractivity contribution in [2.24, 2.45) is 11.7 Å². The number of nitrogens with two attached hydrogens (primary N) is 1. The van der Waals surface area contributed by atoms with Gasteiger partial charge >= 0.3 is 0 Å². The van der Waals surface area contributed by atoms with Gasteiger partial charge in [0, 0.05) is 38.1 Å². The molecule has 126 valence electrons. The minimum atomic E-state index is -0.359. The van der Waals surface area contributed by atoms with E-state index in [0.29, 0.717) is 0 Å². The van der Waals surface area contributed by atoms with E-state index in [9.17, 15) is 4.79 Å². The molecule has 2 unspecified atom stereocenters. The van der Waals surface area contributed by atoms with Crippen LogP contribution in [-0.2, 0) is 11.3 Å². The van der Waals surface area contributed by atoms with Crippen molar-refractivity contribution in [1.82, 2.24) is 14.8 Å². The van der Waals surface area contributed by atoms with Crippen molar-refractivity contribution < 1.29 is 4.79 Å². The van der Waals surface area contributed by atoms with Crippen molar-refractivity contribution in [3.8, 4) is 0 Å². The summed E-state index contributed by atoms with van der Waals surface area (Å²) in [5.41, 5.74) is 7.18. The Balaban J connectivity index is 0.00000242. The van der Waals surface area contributed by atoms with E-state index in [0.717, 1.165) is 49.8 Å². The van der Waals surface area contributed by atoms with Crippen molar-refractivity contribution in [3.63, 3.8) is 0 Å². The van der Waals surface area contributed by atoms with Gasteiger partial charge in [0.05, 0.1) is 16.7 Å². The Bertz CT molecular complexity index is 474. The summed E-state index contributed by atoms with van der Waals surface area (Å²) < 4.78 is 0. The van der Waals surface area contributed by atoms with Crippen molar-refractivity contribution in [1.29, 1.82) is 0 Å². The molecule has 1 amide bonds. The van der Waals surface area contributed by atoms with Gasteiger partial charge in [-0.25, -0.2) is 4.98 Å². The van der Waals surface area contributed by atoms with E-state index in [1.54, 1.807) is 11.3 Å². The molecule has 1 aromatic heterocycles. The summed E-state index contributed by atoms with van der Waals surface area (Å²) in [4.78, 5) is 21.1. The largest absolute Gasteiger partial charge is 0.339 e. The molecular weight excluding hydrogens is 320 g/mol. The first-order valence-electron chi connectivity index (χ1n) is 7.69. The van der Waals surface area contributed by atoms with Crippen LogP contribution in [0.3, 0.4) is 0 Å². The summed E-state index contributed by atoms with van der Waals surface area (Å²) in [5, 5.41) is 3.23. The lowest BCUT2D eigenvalue weighted by Crippen LogP contribution is -2.54. The molecule has 1 aromatic rings. The van der Waals surface area contributed by atoms with Gasteiger partial charge in [-0.2, -0.15) is 0 Å². The molecule has 1 aliphatic heterocycles. The lowest BCUT2D eigenvalue weighted by molar-refractivity contribution is -0.135. The van der Waals surface area contributed by atoms with E-state index < -0.39 is 0 Å². The fraction of sp³-hybridized carbons (Fsp3) is 0.733. The van der Waals surface area contributed by atoms with Gasteiger partial charge in [0.1, 0.15) is 0 Å². The quantitative estimate of drug-likeness (QED) is 0.884. The maximum absolute atomic E-state index is 12.3. The Morgan fingerprint density at radius 3 is 2.55 bits per heavy atom. The van der Waals surface area contributed by atoms with Crippen LogP contribution in [0.25, 0.3) is 0 Å². The minimum absolute atomic E-state index is 0. The zero-order valence-corrected chi connectivity index (χ0v) is 15.3. The van der Waals surface area contributed by atoms with E-state index >= 15 is 0 Å². The van der Waals surface area contributed by atoms with Crippen LogP contribution in [0.1, 0.15) is 31.0 Å². The number of carbonyl (C=O) groups is 1. The van der Waals surface area contributed by atoms with Crippen LogP contribution >= 0.6 is 23.7 Å². The average molecular weight is 347 g/mol. The summed E-state index contributed by atoms with van der Waals surface area (Å²) >= 11 is 1.69. The van der Waals surface area contributed by atoms with E-state index in [1.165, 1.54) is 0 Å². The normalized spacial score (nSPS) is 18.6. The first-order valence-corrected chi connectivity index (χ1v) is 8.57. The van der Waals surface area contributed by atoms with Crippen LogP contribution in [0.5, 0.6) is 0 Å². The molecule has 2 heterocycles. The zero-order chi connectivity index (χ0) is 15.4.